The van der Waals surface area contributed by atoms with Crippen LogP contribution in [0.3, 0.4) is 0 Å². The first kappa shape index (κ1) is 23.3. The number of rotatable bonds is 6. The van der Waals surface area contributed by atoms with Crippen molar-refractivity contribution < 1.29 is 22.7 Å². The summed E-state index contributed by atoms with van der Waals surface area (Å²) < 4.78 is 46.0. The molecule has 3 N–H and O–H groups in total. The van der Waals surface area contributed by atoms with Gasteiger partial charge in [0.15, 0.2) is 0 Å². The van der Waals surface area contributed by atoms with Crippen molar-refractivity contribution in [3.63, 3.8) is 0 Å². The van der Waals surface area contributed by atoms with Crippen LogP contribution in [0, 0.1) is 26.2 Å². The number of nitrogens with zero attached hydrogens (tertiary/aromatic N) is 3. The third kappa shape index (κ3) is 5.68. The van der Waals surface area contributed by atoms with Gasteiger partial charge in [-0.15, -0.1) is 6.42 Å². The average Bonchev–Trinajstić information content (AvgIpc) is 2.76. The lowest BCUT2D eigenvalue weighted by Gasteiger charge is -2.17. The number of nitrogens with one attached hydrogen (secondary N) is 3. The van der Waals surface area contributed by atoms with E-state index in [4.69, 9.17) is 11.2 Å². The number of benzene rings is 1. The van der Waals surface area contributed by atoms with Gasteiger partial charge in [0.2, 0.25) is 11.8 Å². The summed E-state index contributed by atoms with van der Waals surface area (Å²) in [6.45, 7) is 3.51. The summed E-state index contributed by atoms with van der Waals surface area (Å²) in [7, 11) is 1.44. The number of methoxy groups -OCH3 is 1. The van der Waals surface area contributed by atoms with E-state index < -0.39 is 23.5 Å². The van der Waals surface area contributed by atoms with E-state index in [-0.39, 0.29) is 17.3 Å². The summed E-state index contributed by atoms with van der Waals surface area (Å²) in [5, 5.41) is 7.96. The van der Waals surface area contributed by atoms with E-state index in [1.807, 2.05) is 5.92 Å². The number of anilines is 5. The van der Waals surface area contributed by atoms with Gasteiger partial charge >= 0.3 is 6.18 Å². The summed E-state index contributed by atoms with van der Waals surface area (Å²) in [6, 6.07) is 6.30. The Morgan fingerprint density at radius 2 is 1.82 bits per heavy atom. The van der Waals surface area contributed by atoms with E-state index in [0.717, 1.165) is 5.56 Å². The second-order valence-electron chi connectivity index (χ2n) is 6.89. The molecule has 8 nitrogen and oxygen atoms in total. The molecule has 0 radical (unpaired) electrons. The number of ether oxygens (including phenoxy) is 1. The van der Waals surface area contributed by atoms with E-state index in [0.29, 0.717) is 23.3 Å². The molecule has 0 atom stereocenters. The van der Waals surface area contributed by atoms with Crippen molar-refractivity contribution in [2.24, 2.45) is 0 Å². The molecule has 11 heteroatoms. The van der Waals surface area contributed by atoms with Crippen LogP contribution in [-0.4, -0.2) is 28.0 Å². The number of halogens is 3. The number of carbonyl (C=O) groups is 1. The summed E-state index contributed by atoms with van der Waals surface area (Å²) in [6.07, 6.45) is 2.57. The van der Waals surface area contributed by atoms with Gasteiger partial charge in [-0.05, 0) is 43.0 Å². The van der Waals surface area contributed by atoms with Crippen LogP contribution < -0.4 is 20.7 Å². The number of aryl methyl sites for hydroxylation is 2. The highest BCUT2D eigenvalue weighted by atomic mass is 19.4. The van der Waals surface area contributed by atoms with Crippen LogP contribution in [0.25, 0.3) is 0 Å². The van der Waals surface area contributed by atoms with Crippen molar-refractivity contribution in [2.75, 3.05) is 23.1 Å². The Hall–Kier alpha value is -4.33. The van der Waals surface area contributed by atoms with Crippen molar-refractivity contribution in [1.82, 2.24) is 15.0 Å². The minimum absolute atomic E-state index is 0.0943. The van der Waals surface area contributed by atoms with E-state index >= 15 is 0 Å². The topological polar surface area (TPSA) is 101 Å². The first-order valence-electron chi connectivity index (χ1n) is 9.48. The number of terminal acetylenes is 1. The first-order valence-corrected chi connectivity index (χ1v) is 9.48. The van der Waals surface area contributed by atoms with E-state index in [1.54, 1.807) is 32.0 Å². The Labute approximate surface area is 187 Å². The molecule has 2 heterocycles. The van der Waals surface area contributed by atoms with Crippen molar-refractivity contribution >= 4 is 34.7 Å². The molecule has 3 aromatic rings. The predicted octanol–water partition coefficient (Wildman–Crippen LogP) is 4.57. The van der Waals surface area contributed by atoms with Crippen molar-refractivity contribution in [3.8, 4) is 18.2 Å². The average molecular weight is 456 g/mol. The molecule has 0 aliphatic rings. The summed E-state index contributed by atoms with van der Waals surface area (Å²) in [5.74, 6) is 0.856. The number of aromatic nitrogens is 3. The number of carbonyl (C=O) groups excluding carboxylic acids is 1. The van der Waals surface area contributed by atoms with Crippen molar-refractivity contribution in [2.45, 2.75) is 20.0 Å². The Balaban J connectivity index is 2.03. The maximum absolute atomic E-state index is 13.6. The summed E-state index contributed by atoms with van der Waals surface area (Å²) in [5.41, 5.74) is 1.24. The largest absolute Gasteiger partial charge is 0.481 e. The molecule has 2 aromatic heterocycles. The zero-order chi connectivity index (χ0) is 24.2. The second kappa shape index (κ2) is 9.44. The number of amides is 1. The quantitative estimate of drug-likeness (QED) is 0.467. The highest BCUT2D eigenvalue weighted by molar-refractivity contribution is 6.05. The third-order valence-corrected chi connectivity index (χ3v) is 4.44. The van der Waals surface area contributed by atoms with Crippen molar-refractivity contribution in [3.05, 3.63) is 53.3 Å². The molecule has 0 saturated carbocycles. The number of alkyl halides is 3. The molecule has 0 bridgehead atoms. The molecule has 0 fully saturated rings. The van der Waals surface area contributed by atoms with Gasteiger partial charge in [0.05, 0.1) is 24.2 Å². The molecule has 0 saturated heterocycles. The standard InChI is InChI=1S/C22H19F3N6O2/c1-5-18(32)28-17-8-12(2)6-7-15(17)29-20-14(22(23,24)25)11-27-21(31-20)30-16-9-19(33-4)26-10-13(16)3/h1,6-11H,2-4H3,(H,28,32)(H2,26,27,29,30,31). The first-order chi connectivity index (χ1) is 15.6. The minimum atomic E-state index is -4.73. The minimum Gasteiger partial charge on any atom is -0.481 e. The van der Waals surface area contributed by atoms with Crippen LogP contribution in [-0.2, 0) is 11.0 Å². The number of hydrogen-bond donors (Lipinski definition) is 3. The van der Waals surface area contributed by atoms with Gasteiger partial charge in [0, 0.05) is 18.5 Å². The maximum atomic E-state index is 13.6. The SMILES string of the molecule is C#CC(=O)Nc1cc(C)ccc1Nc1nc(Nc2cc(OC)ncc2C)ncc1C(F)(F)F. The highest BCUT2D eigenvalue weighted by Crippen LogP contribution is 2.37. The van der Waals surface area contributed by atoms with Crippen LogP contribution >= 0.6 is 0 Å². The fourth-order valence-corrected chi connectivity index (χ4v) is 2.77. The molecule has 3 rings (SSSR count). The third-order valence-electron chi connectivity index (χ3n) is 4.44. The molecule has 0 aliphatic carbocycles. The van der Waals surface area contributed by atoms with Gasteiger partial charge in [-0.1, -0.05) is 6.07 Å². The molecule has 1 amide bonds. The molecular formula is C22H19F3N6O2. The molecule has 170 valence electrons. The van der Waals surface area contributed by atoms with Crippen LogP contribution in [0.4, 0.5) is 42.0 Å². The maximum Gasteiger partial charge on any atom is 0.421 e. The highest BCUT2D eigenvalue weighted by Gasteiger charge is 2.35. The molecule has 33 heavy (non-hydrogen) atoms. The van der Waals surface area contributed by atoms with Gasteiger partial charge < -0.3 is 20.7 Å². The van der Waals surface area contributed by atoms with E-state index in [2.05, 4.69) is 30.9 Å². The molecule has 1 aromatic carbocycles. The smallest absolute Gasteiger partial charge is 0.421 e. The Kier molecular flexibility index (Phi) is 6.67. The lowest BCUT2D eigenvalue weighted by molar-refractivity contribution is -0.137. The van der Waals surface area contributed by atoms with Gasteiger partial charge in [-0.25, -0.2) is 9.97 Å². The fourth-order valence-electron chi connectivity index (χ4n) is 2.77. The van der Waals surface area contributed by atoms with E-state index in [1.165, 1.54) is 19.4 Å². The molecule has 0 aliphatic heterocycles. The van der Waals surface area contributed by atoms with Gasteiger partial charge in [-0.2, -0.15) is 18.2 Å². The molecular weight excluding hydrogens is 437 g/mol. The predicted molar refractivity (Wildman–Crippen MR) is 118 cm³/mol. The lowest BCUT2D eigenvalue weighted by atomic mass is 10.1. The molecule has 0 spiro atoms. The fraction of sp³-hybridized carbons (Fsp3) is 0.182. The number of hydrogen-bond acceptors (Lipinski definition) is 7. The van der Waals surface area contributed by atoms with Crippen LogP contribution in [0.1, 0.15) is 16.7 Å². The van der Waals surface area contributed by atoms with E-state index in [9.17, 15) is 18.0 Å². The summed E-state index contributed by atoms with van der Waals surface area (Å²) in [4.78, 5) is 23.5. The van der Waals surface area contributed by atoms with Crippen LogP contribution in [0.2, 0.25) is 0 Å². The second-order valence-corrected chi connectivity index (χ2v) is 6.89. The Morgan fingerprint density at radius 1 is 1.06 bits per heavy atom. The molecule has 0 unspecified atom stereocenters. The Morgan fingerprint density at radius 3 is 2.48 bits per heavy atom. The zero-order valence-electron chi connectivity index (χ0n) is 17.8. The van der Waals surface area contributed by atoms with Gasteiger partial charge in [0.25, 0.3) is 5.91 Å². The van der Waals surface area contributed by atoms with Gasteiger partial charge in [-0.3, -0.25) is 4.79 Å². The normalized spacial score (nSPS) is 10.8. The van der Waals surface area contributed by atoms with Crippen LogP contribution in [0.15, 0.2) is 36.7 Å². The van der Waals surface area contributed by atoms with Crippen molar-refractivity contribution in [1.29, 1.82) is 0 Å². The summed E-state index contributed by atoms with van der Waals surface area (Å²) >= 11 is 0. The number of pyridine rings is 1. The van der Waals surface area contributed by atoms with Crippen LogP contribution in [0.5, 0.6) is 5.88 Å². The Bertz CT molecular complexity index is 1240. The monoisotopic (exact) mass is 456 g/mol. The van der Waals surface area contributed by atoms with Gasteiger partial charge in [0.1, 0.15) is 11.4 Å². The zero-order valence-corrected chi connectivity index (χ0v) is 17.8. The lowest BCUT2D eigenvalue weighted by Crippen LogP contribution is -2.14.